The summed E-state index contributed by atoms with van der Waals surface area (Å²) >= 11 is 0. The number of Topliss-reactive ketones (excluding diaryl/α,β-unsaturated/α-hetero) is 1. The summed E-state index contributed by atoms with van der Waals surface area (Å²) in [7, 11) is 0. The molecule has 20 heavy (non-hydrogen) atoms. The van der Waals surface area contributed by atoms with Crippen molar-refractivity contribution in [2.45, 2.75) is 85.0 Å². The first-order valence-corrected chi connectivity index (χ1v) is 9.04. The number of hydrogen-bond acceptors (Lipinski definition) is 1. The zero-order valence-corrected chi connectivity index (χ0v) is 13.7. The van der Waals surface area contributed by atoms with E-state index in [9.17, 15) is 4.79 Å². The topological polar surface area (TPSA) is 17.1 Å². The molecule has 0 spiro atoms. The van der Waals surface area contributed by atoms with E-state index in [4.69, 9.17) is 0 Å². The first kappa shape index (κ1) is 14.6. The lowest BCUT2D eigenvalue weighted by Crippen LogP contribution is -2.51. The quantitative estimate of drug-likeness (QED) is 0.676. The average Bonchev–Trinajstić information content (AvgIpc) is 2.82. The van der Waals surface area contributed by atoms with Gasteiger partial charge in [-0.3, -0.25) is 4.79 Å². The fraction of sp³-hybridized carbons (Fsp3) is 0.947. The Kier molecular flexibility index (Phi) is 3.75. The Hall–Kier alpha value is -0.330. The van der Waals surface area contributed by atoms with Crippen molar-refractivity contribution < 1.29 is 4.79 Å². The van der Waals surface area contributed by atoms with E-state index in [2.05, 4.69) is 20.8 Å². The van der Waals surface area contributed by atoms with Gasteiger partial charge in [0.25, 0.3) is 0 Å². The standard InChI is InChI=1S/C19H32O/c1-4-5-12-19(3)16-10-13-18(2)11-6-7-15(18)14(16)8-9-17(19)20/h14-16H,4-13H2,1-3H3/t14-,15-,16-,18-,19+/m0/s1. The molecule has 1 heteroatoms. The SMILES string of the molecule is CCCC[C@@]1(C)C(=O)CC[C@H]2[C@@H]3CCC[C@@]3(C)CC[C@@H]21. The predicted octanol–water partition coefficient (Wildman–Crippen LogP) is 5.38. The Morgan fingerprint density at radius 3 is 2.65 bits per heavy atom. The van der Waals surface area contributed by atoms with Crippen LogP contribution < -0.4 is 0 Å². The van der Waals surface area contributed by atoms with Gasteiger partial charge in [-0.25, -0.2) is 0 Å². The molecule has 5 atom stereocenters. The molecule has 1 nitrogen and oxygen atoms in total. The van der Waals surface area contributed by atoms with Gasteiger partial charge in [-0.2, -0.15) is 0 Å². The van der Waals surface area contributed by atoms with E-state index < -0.39 is 0 Å². The van der Waals surface area contributed by atoms with Gasteiger partial charge in [-0.1, -0.05) is 40.0 Å². The summed E-state index contributed by atoms with van der Waals surface area (Å²) in [4.78, 5) is 12.6. The summed E-state index contributed by atoms with van der Waals surface area (Å²) in [5, 5.41) is 0. The van der Waals surface area contributed by atoms with Crippen molar-refractivity contribution in [3.63, 3.8) is 0 Å². The number of unbranched alkanes of at least 4 members (excludes halogenated alkanes) is 1. The molecule has 0 saturated heterocycles. The molecule has 0 amide bonds. The lowest BCUT2D eigenvalue weighted by molar-refractivity contribution is -0.144. The van der Waals surface area contributed by atoms with Crippen molar-refractivity contribution >= 4 is 5.78 Å². The van der Waals surface area contributed by atoms with Gasteiger partial charge >= 0.3 is 0 Å². The largest absolute Gasteiger partial charge is 0.299 e. The summed E-state index contributed by atoms with van der Waals surface area (Å²) in [6.07, 6.45) is 12.7. The highest BCUT2D eigenvalue weighted by Gasteiger charge is 2.56. The van der Waals surface area contributed by atoms with Gasteiger partial charge in [0.1, 0.15) is 5.78 Å². The van der Waals surface area contributed by atoms with Crippen molar-refractivity contribution in [3.05, 3.63) is 0 Å². The third kappa shape index (κ3) is 2.07. The van der Waals surface area contributed by atoms with E-state index in [0.717, 1.165) is 24.7 Å². The molecule has 0 N–H and O–H groups in total. The highest BCUT2D eigenvalue weighted by molar-refractivity contribution is 5.85. The van der Waals surface area contributed by atoms with Gasteiger partial charge in [0.15, 0.2) is 0 Å². The van der Waals surface area contributed by atoms with Crippen LogP contribution in [-0.2, 0) is 4.79 Å². The second-order valence-corrected chi connectivity index (χ2v) is 8.44. The smallest absolute Gasteiger partial charge is 0.139 e. The number of carbonyl (C=O) groups excluding carboxylic acids is 1. The van der Waals surface area contributed by atoms with Crippen LogP contribution in [0.1, 0.15) is 85.0 Å². The van der Waals surface area contributed by atoms with Crippen LogP contribution in [0.25, 0.3) is 0 Å². The molecule has 0 bridgehead atoms. The summed E-state index contributed by atoms with van der Waals surface area (Å²) in [6, 6.07) is 0. The third-order valence-corrected chi connectivity index (χ3v) is 7.43. The Balaban J connectivity index is 1.85. The average molecular weight is 276 g/mol. The minimum absolute atomic E-state index is 0.0167. The van der Waals surface area contributed by atoms with E-state index in [1.807, 2.05) is 0 Å². The second-order valence-electron chi connectivity index (χ2n) is 8.44. The molecule has 3 aliphatic rings. The molecule has 0 aromatic carbocycles. The second kappa shape index (κ2) is 5.14. The molecule has 0 radical (unpaired) electrons. The van der Waals surface area contributed by atoms with Crippen LogP contribution in [0.15, 0.2) is 0 Å². The van der Waals surface area contributed by atoms with Crippen LogP contribution in [0.3, 0.4) is 0 Å². The van der Waals surface area contributed by atoms with E-state index >= 15 is 0 Å². The van der Waals surface area contributed by atoms with Crippen LogP contribution in [0.4, 0.5) is 0 Å². The molecule has 3 saturated carbocycles. The number of hydrogen-bond donors (Lipinski definition) is 0. The van der Waals surface area contributed by atoms with E-state index in [1.54, 1.807) is 0 Å². The van der Waals surface area contributed by atoms with E-state index in [0.29, 0.717) is 17.1 Å². The fourth-order valence-electron chi connectivity index (χ4n) is 6.13. The Bertz CT molecular complexity index is 387. The van der Waals surface area contributed by atoms with Crippen molar-refractivity contribution in [2.24, 2.45) is 28.6 Å². The van der Waals surface area contributed by atoms with E-state index in [1.165, 1.54) is 51.4 Å². The molecule has 114 valence electrons. The van der Waals surface area contributed by atoms with Gasteiger partial charge in [0, 0.05) is 11.8 Å². The zero-order chi connectivity index (χ0) is 14.4. The highest BCUT2D eigenvalue weighted by atomic mass is 16.1. The third-order valence-electron chi connectivity index (χ3n) is 7.43. The number of fused-ring (bicyclic) bond motifs is 3. The first-order valence-electron chi connectivity index (χ1n) is 9.04. The Morgan fingerprint density at radius 2 is 1.90 bits per heavy atom. The van der Waals surface area contributed by atoms with Crippen molar-refractivity contribution in [2.75, 3.05) is 0 Å². The molecule has 3 fully saturated rings. The van der Waals surface area contributed by atoms with Crippen LogP contribution in [0.2, 0.25) is 0 Å². The van der Waals surface area contributed by atoms with Crippen molar-refractivity contribution in [1.29, 1.82) is 0 Å². The normalized spacial score (nSPS) is 48.0. The van der Waals surface area contributed by atoms with Crippen LogP contribution >= 0.6 is 0 Å². The lowest BCUT2D eigenvalue weighted by Gasteiger charge is -2.55. The molecule has 0 aromatic rings. The zero-order valence-electron chi connectivity index (χ0n) is 13.7. The molecule has 3 rings (SSSR count). The minimum Gasteiger partial charge on any atom is -0.299 e. The number of rotatable bonds is 3. The van der Waals surface area contributed by atoms with Gasteiger partial charge in [0.2, 0.25) is 0 Å². The van der Waals surface area contributed by atoms with Gasteiger partial charge in [-0.15, -0.1) is 0 Å². The molecule has 0 aliphatic heterocycles. The van der Waals surface area contributed by atoms with Crippen molar-refractivity contribution in [1.82, 2.24) is 0 Å². The molecular weight excluding hydrogens is 244 g/mol. The maximum atomic E-state index is 12.6. The highest BCUT2D eigenvalue weighted by Crippen LogP contribution is 2.62. The summed E-state index contributed by atoms with van der Waals surface area (Å²) in [5.74, 6) is 3.08. The van der Waals surface area contributed by atoms with Gasteiger partial charge in [-0.05, 0) is 61.7 Å². The number of ketones is 1. The van der Waals surface area contributed by atoms with Crippen LogP contribution in [0.5, 0.6) is 0 Å². The maximum absolute atomic E-state index is 12.6. The van der Waals surface area contributed by atoms with E-state index in [-0.39, 0.29) is 5.41 Å². The summed E-state index contributed by atoms with van der Waals surface area (Å²) < 4.78 is 0. The minimum atomic E-state index is 0.0167. The van der Waals surface area contributed by atoms with Crippen LogP contribution in [-0.4, -0.2) is 5.78 Å². The molecule has 0 unspecified atom stereocenters. The summed E-state index contributed by atoms with van der Waals surface area (Å²) in [6.45, 7) is 7.11. The van der Waals surface area contributed by atoms with Crippen molar-refractivity contribution in [3.8, 4) is 0 Å². The van der Waals surface area contributed by atoms with Gasteiger partial charge < -0.3 is 0 Å². The van der Waals surface area contributed by atoms with Gasteiger partial charge in [0.05, 0.1) is 0 Å². The molecule has 0 heterocycles. The predicted molar refractivity (Wildman–Crippen MR) is 83.5 cm³/mol. The Morgan fingerprint density at radius 1 is 1.10 bits per heavy atom. The van der Waals surface area contributed by atoms with Crippen LogP contribution in [0, 0.1) is 28.6 Å². The summed E-state index contributed by atoms with van der Waals surface area (Å²) in [5.41, 5.74) is 0.635. The molecular formula is C19H32O. The maximum Gasteiger partial charge on any atom is 0.139 e. The monoisotopic (exact) mass is 276 g/mol. The molecule has 0 aromatic heterocycles. The first-order chi connectivity index (χ1) is 9.51. The lowest BCUT2D eigenvalue weighted by atomic mass is 9.49. The molecule has 3 aliphatic carbocycles. The Labute approximate surface area is 124 Å². The number of carbonyl (C=O) groups is 1. The fourth-order valence-corrected chi connectivity index (χ4v) is 6.13.